The molecule has 0 aliphatic carbocycles. The molecule has 19 heavy (non-hydrogen) atoms. The van der Waals surface area contributed by atoms with E-state index in [1.54, 1.807) is 13.8 Å². The number of unbranched alkanes of at least 4 members (excludes halogenated alkanes) is 1. The normalized spacial score (nSPS) is 10.8. The van der Waals surface area contributed by atoms with E-state index < -0.39 is 12.1 Å². The minimum absolute atomic E-state index is 0.315. The Morgan fingerprint density at radius 3 is 2.53 bits per heavy atom. The minimum atomic E-state index is -0.577. The van der Waals surface area contributed by atoms with Gasteiger partial charge in [-0.05, 0) is 33.1 Å². The van der Waals surface area contributed by atoms with E-state index in [0.717, 1.165) is 12.1 Å². The predicted molar refractivity (Wildman–Crippen MR) is 72.9 cm³/mol. The molecule has 0 aromatic rings. The van der Waals surface area contributed by atoms with Crippen molar-refractivity contribution in [1.82, 2.24) is 5.32 Å². The molecule has 0 saturated heterocycles. The monoisotopic (exact) mass is 270 g/mol. The van der Waals surface area contributed by atoms with Gasteiger partial charge in [0.1, 0.15) is 0 Å². The second-order valence-electron chi connectivity index (χ2n) is 4.11. The third-order valence-corrected chi connectivity index (χ3v) is 2.22. The van der Waals surface area contributed by atoms with Crippen LogP contribution >= 0.6 is 0 Å². The van der Waals surface area contributed by atoms with Crippen LogP contribution in [0, 0.1) is 0 Å². The molecular weight excluding hydrogens is 248 g/mol. The summed E-state index contributed by atoms with van der Waals surface area (Å²) in [7, 11) is 0. The van der Waals surface area contributed by atoms with Crippen LogP contribution in [-0.2, 0) is 14.4 Å². The predicted octanol–water partition coefficient (Wildman–Crippen LogP) is 2.40. The number of hydrogen-bond acceptors (Lipinski definition) is 5. The molecule has 0 fully saturated rings. The fourth-order valence-corrected chi connectivity index (χ4v) is 0.922. The molecule has 6 nitrogen and oxygen atoms in total. The fraction of sp³-hybridized carbons (Fsp3) is 0.615. The Morgan fingerprint density at radius 1 is 1.26 bits per heavy atom. The van der Waals surface area contributed by atoms with Crippen LogP contribution in [0.3, 0.4) is 0 Å². The Labute approximate surface area is 113 Å². The molecule has 0 aliphatic heterocycles. The van der Waals surface area contributed by atoms with Crippen LogP contribution in [0.2, 0.25) is 0 Å². The Bertz CT molecular complexity index is 351. The Hall–Kier alpha value is -1.85. The van der Waals surface area contributed by atoms with E-state index in [-0.39, 0.29) is 0 Å². The van der Waals surface area contributed by atoms with E-state index in [9.17, 15) is 9.59 Å². The first-order valence-electron chi connectivity index (χ1n) is 6.28. The third kappa shape index (κ3) is 9.82. The molecule has 0 aromatic carbocycles. The highest BCUT2D eigenvalue weighted by atomic mass is 16.7. The Morgan fingerprint density at radius 2 is 1.95 bits per heavy atom. The van der Waals surface area contributed by atoms with E-state index in [4.69, 9.17) is 4.74 Å². The Balaban J connectivity index is 3.52. The summed E-state index contributed by atoms with van der Waals surface area (Å²) in [5, 5.41) is 6.17. The quantitative estimate of drug-likeness (QED) is 0.183. The number of nitrogens with zero attached hydrogens (tertiary/aromatic N) is 1. The lowest BCUT2D eigenvalue weighted by Gasteiger charge is -2.05. The topological polar surface area (TPSA) is 77.0 Å². The molecule has 1 N–H and O–H groups in total. The lowest BCUT2D eigenvalue weighted by molar-refractivity contribution is -0.139. The van der Waals surface area contributed by atoms with Gasteiger partial charge in [-0.2, -0.15) is 0 Å². The average Bonchev–Trinajstić information content (AvgIpc) is 2.39. The van der Waals surface area contributed by atoms with E-state index in [0.29, 0.717) is 31.6 Å². The maximum atomic E-state index is 11.2. The zero-order valence-electron chi connectivity index (χ0n) is 11.8. The van der Waals surface area contributed by atoms with Crippen LogP contribution in [-0.4, -0.2) is 30.9 Å². The fourth-order valence-electron chi connectivity index (χ4n) is 0.922. The molecule has 0 bridgehead atoms. The van der Waals surface area contributed by atoms with E-state index in [1.807, 2.05) is 6.92 Å². The van der Waals surface area contributed by atoms with Gasteiger partial charge in [0.05, 0.1) is 12.3 Å². The number of rotatable bonds is 8. The van der Waals surface area contributed by atoms with Gasteiger partial charge in [-0.25, -0.2) is 9.59 Å². The molecule has 0 spiro atoms. The highest BCUT2D eigenvalue weighted by molar-refractivity contribution is 5.86. The van der Waals surface area contributed by atoms with Gasteiger partial charge in [-0.15, -0.1) is 0 Å². The van der Waals surface area contributed by atoms with Crippen molar-refractivity contribution in [3.63, 3.8) is 0 Å². The van der Waals surface area contributed by atoms with Gasteiger partial charge in [0.25, 0.3) is 0 Å². The van der Waals surface area contributed by atoms with Gasteiger partial charge in [0.15, 0.2) is 0 Å². The number of nitrogens with one attached hydrogen (secondary N) is 1. The number of carbonyl (C=O) groups excluding carboxylic acids is 2. The van der Waals surface area contributed by atoms with Crippen molar-refractivity contribution in [3.8, 4) is 0 Å². The summed E-state index contributed by atoms with van der Waals surface area (Å²) in [6.07, 6.45) is 1.51. The molecule has 0 heterocycles. The molecule has 0 rings (SSSR count). The second-order valence-corrected chi connectivity index (χ2v) is 4.11. The molecule has 1 amide bonds. The van der Waals surface area contributed by atoms with Crippen LogP contribution in [0.1, 0.15) is 40.0 Å². The first-order valence-corrected chi connectivity index (χ1v) is 6.28. The SMILES string of the molecule is C=C(C)C(=O)OCCCCNC(=O)ON=C(C)CC. The summed E-state index contributed by atoms with van der Waals surface area (Å²) in [4.78, 5) is 26.8. The van der Waals surface area contributed by atoms with Crippen LogP contribution in [0.25, 0.3) is 0 Å². The van der Waals surface area contributed by atoms with Crippen LogP contribution in [0.4, 0.5) is 4.79 Å². The van der Waals surface area contributed by atoms with Gasteiger partial charge < -0.3 is 10.1 Å². The highest BCUT2D eigenvalue weighted by Gasteiger charge is 2.03. The van der Waals surface area contributed by atoms with Crippen molar-refractivity contribution in [1.29, 1.82) is 0 Å². The van der Waals surface area contributed by atoms with Crippen molar-refractivity contribution in [2.45, 2.75) is 40.0 Å². The molecule has 0 atom stereocenters. The van der Waals surface area contributed by atoms with Gasteiger partial charge >= 0.3 is 12.1 Å². The third-order valence-electron chi connectivity index (χ3n) is 2.22. The minimum Gasteiger partial charge on any atom is -0.462 e. The van der Waals surface area contributed by atoms with E-state index in [2.05, 4.69) is 21.9 Å². The molecule has 0 saturated carbocycles. The summed E-state index contributed by atoms with van der Waals surface area (Å²) in [6, 6.07) is 0. The first-order chi connectivity index (χ1) is 8.97. The van der Waals surface area contributed by atoms with Crippen molar-refractivity contribution in [2.24, 2.45) is 5.16 Å². The smallest absolute Gasteiger partial charge is 0.433 e. The summed E-state index contributed by atoms with van der Waals surface area (Å²) in [5.41, 5.74) is 1.13. The van der Waals surface area contributed by atoms with E-state index >= 15 is 0 Å². The maximum Gasteiger partial charge on any atom is 0.433 e. The van der Waals surface area contributed by atoms with E-state index in [1.165, 1.54) is 0 Å². The maximum absolute atomic E-state index is 11.2. The lowest BCUT2D eigenvalue weighted by Crippen LogP contribution is -2.24. The first kappa shape index (κ1) is 17.2. The summed E-state index contributed by atoms with van der Waals surface area (Å²) in [5.74, 6) is -0.392. The summed E-state index contributed by atoms with van der Waals surface area (Å²) < 4.78 is 4.90. The van der Waals surface area contributed by atoms with Gasteiger partial charge in [-0.3, -0.25) is 4.84 Å². The zero-order valence-corrected chi connectivity index (χ0v) is 11.8. The van der Waals surface area contributed by atoms with Crippen LogP contribution in [0.5, 0.6) is 0 Å². The Kier molecular flexibility index (Phi) is 9.12. The molecule has 0 aromatic heterocycles. The van der Waals surface area contributed by atoms with Gasteiger partial charge in [0.2, 0.25) is 0 Å². The van der Waals surface area contributed by atoms with Crippen molar-refractivity contribution in [2.75, 3.05) is 13.2 Å². The second kappa shape index (κ2) is 10.1. The van der Waals surface area contributed by atoms with Crippen LogP contribution < -0.4 is 5.32 Å². The standard InChI is InChI=1S/C13H22N2O4/c1-5-11(4)15-19-13(17)14-8-6-7-9-18-12(16)10(2)3/h2,5-9H2,1,3-4H3,(H,14,17). The van der Waals surface area contributed by atoms with Crippen molar-refractivity contribution in [3.05, 3.63) is 12.2 Å². The van der Waals surface area contributed by atoms with Gasteiger partial charge in [-0.1, -0.05) is 18.7 Å². The molecule has 108 valence electrons. The molecule has 0 unspecified atom stereocenters. The number of hydrogen-bond donors (Lipinski definition) is 1. The zero-order chi connectivity index (χ0) is 14.7. The van der Waals surface area contributed by atoms with Crippen LogP contribution in [0.15, 0.2) is 17.3 Å². The number of ether oxygens (including phenoxy) is 1. The number of esters is 1. The summed E-state index contributed by atoms with van der Waals surface area (Å²) in [6.45, 7) is 9.54. The number of amides is 1. The summed E-state index contributed by atoms with van der Waals surface area (Å²) >= 11 is 0. The average molecular weight is 270 g/mol. The van der Waals surface area contributed by atoms with Gasteiger partial charge in [0, 0.05) is 12.1 Å². The van der Waals surface area contributed by atoms with Crippen molar-refractivity contribution < 1.29 is 19.2 Å². The van der Waals surface area contributed by atoms with Crippen molar-refractivity contribution >= 4 is 17.8 Å². The molecule has 0 aliphatic rings. The molecule has 0 radical (unpaired) electrons. The molecule has 6 heteroatoms. The number of oxime groups is 1. The molecular formula is C13H22N2O4. The lowest BCUT2D eigenvalue weighted by atomic mass is 10.3. The highest BCUT2D eigenvalue weighted by Crippen LogP contribution is 1.95. The number of carbonyl (C=O) groups is 2. The largest absolute Gasteiger partial charge is 0.462 e.